The minimum absolute atomic E-state index is 0.0508. The first-order chi connectivity index (χ1) is 14.7. The molecule has 0 bridgehead atoms. The topological polar surface area (TPSA) is 109 Å². The predicted octanol–water partition coefficient (Wildman–Crippen LogP) is 3.58. The van der Waals surface area contributed by atoms with Crippen LogP contribution in [0.15, 0.2) is 42.9 Å². The summed E-state index contributed by atoms with van der Waals surface area (Å²) in [6.07, 6.45) is 4.27. The lowest BCUT2D eigenvalue weighted by Gasteiger charge is -2.18. The van der Waals surface area contributed by atoms with Crippen LogP contribution in [0.2, 0.25) is 5.02 Å². The molecule has 2 heterocycles. The van der Waals surface area contributed by atoms with Crippen LogP contribution in [-0.2, 0) is 0 Å². The molecule has 1 aromatic carbocycles. The molecule has 3 N–H and O–H groups in total. The van der Waals surface area contributed by atoms with Crippen molar-refractivity contribution in [1.82, 2.24) is 20.3 Å². The van der Waals surface area contributed by atoms with Gasteiger partial charge in [0.05, 0.1) is 35.7 Å². The van der Waals surface area contributed by atoms with Crippen molar-refractivity contribution in [3.8, 4) is 17.1 Å². The van der Waals surface area contributed by atoms with Crippen molar-refractivity contribution < 1.29 is 19.0 Å². The average molecular weight is 446 g/mol. The van der Waals surface area contributed by atoms with Crippen LogP contribution in [0.3, 0.4) is 0 Å². The first-order valence-electron chi connectivity index (χ1n) is 9.26. The number of hydrogen-bond acceptors (Lipinski definition) is 7. The van der Waals surface area contributed by atoms with Crippen LogP contribution in [0, 0.1) is 5.82 Å². The lowest BCUT2D eigenvalue weighted by molar-refractivity contribution is 0.0694. The zero-order chi connectivity index (χ0) is 22.6. The maximum Gasteiger partial charge on any atom is 0.255 e. The number of methoxy groups -OCH3 is 1. The molecule has 1 amide bonds. The molecule has 10 heteroatoms. The number of amides is 1. The Morgan fingerprint density at radius 1 is 1.29 bits per heavy atom. The Morgan fingerprint density at radius 2 is 2.06 bits per heavy atom. The Labute approximate surface area is 183 Å². The molecule has 162 valence electrons. The Kier molecular flexibility index (Phi) is 6.67. The zero-order valence-electron chi connectivity index (χ0n) is 17.1. The van der Waals surface area contributed by atoms with Gasteiger partial charge in [-0.3, -0.25) is 9.78 Å². The Balaban J connectivity index is 1.96. The molecule has 8 nitrogen and oxygen atoms in total. The van der Waals surface area contributed by atoms with Crippen LogP contribution >= 0.6 is 11.6 Å². The summed E-state index contributed by atoms with van der Waals surface area (Å²) in [7, 11) is 1.44. The van der Waals surface area contributed by atoms with Crippen LogP contribution in [0.25, 0.3) is 11.4 Å². The number of aromatic nitrogens is 3. The van der Waals surface area contributed by atoms with E-state index < -0.39 is 17.3 Å². The van der Waals surface area contributed by atoms with Gasteiger partial charge in [-0.25, -0.2) is 14.4 Å². The molecular weight excluding hydrogens is 425 g/mol. The minimum atomic E-state index is -1.07. The summed E-state index contributed by atoms with van der Waals surface area (Å²) in [6.45, 7) is 3.21. The van der Waals surface area contributed by atoms with Crippen molar-refractivity contribution >= 4 is 29.0 Å². The van der Waals surface area contributed by atoms with Gasteiger partial charge in [0, 0.05) is 24.0 Å². The van der Waals surface area contributed by atoms with Gasteiger partial charge in [0.1, 0.15) is 5.82 Å². The SMILES string of the molecule is COc1cnc(-c2cc(Cl)ccc2F)nc1Nc1ccncc1C(=O)NCC(C)(C)O. The number of anilines is 2. The third kappa shape index (κ3) is 5.65. The Hall–Kier alpha value is -3.30. The number of carbonyl (C=O) groups excluding carboxylic acids is 1. The second kappa shape index (κ2) is 9.23. The van der Waals surface area contributed by atoms with Crippen molar-refractivity contribution in [3.05, 3.63) is 59.3 Å². The third-order valence-electron chi connectivity index (χ3n) is 4.14. The molecule has 0 unspecified atom stereocenters. The number of pyridine rings is 1. The van der Waals surface area contributed by atoms with Gasteiger partial charge in [-0.15, -0.1) is 0 Å². The maximum atomic E-state index is 14.3. The van der Waals surface area contributed by atoms with Gasteiger partial charge in [0.25, 0.3) is 5.91 Å². The van der Waals surface area contributed by atoms with Crippen LogP contribution in [-0.4, -0.2) is 45.2 Å². The van der Waals surface area contributed by atoms with E-state index in [1.807, 2.05) is 0 Å². The first-order valence-corrected chi connectivity index (χ1v) is 9.64. The van der Waals surface area contributed by atoms with Gasteiger partial charge >= 0.3 is 0 Å². The second-order valence-corrected chi connectivity index (χ2v) is 7.71. The summed E-state index contributed by atoms with van der Waals surface area (Å²) in [4.78, 5) is 25.1. The van der Waals surface area contributed by atoms with E-state index >= 15 is 0 Å². The molecule has 3 aromatic rings. The number of hydrogen-bond donors (Lipinski definition) is 3. The van der Waals surface area contributed by atoms with Crippen LogP contribution in [0.4, 0.5) is 15.9 Å². The summed E-state index contributed by atoms with van der Waals surface area (Å²) in [5, 5.41) is 15.9. The van der Waals surface area contributed by atoms with Crippen molar-refractivity contribution in [1.29, 1.82) is 0 Å². The van der Waals surface area contributed by atoms with Crippen LogP contribution in [0.5, 0.6) is 5.75 Å². The predicted molar refractivity (Wildman–Crippen MR) is 115 cm³/mol. The number of nitrogens with zero attached hydrogens (tertiary/aromatic N) is 3. The summed E-state index contributed by atoms with van der Waals surface area (Å²) in [6, 6.07) is 5.66. The molecule has 0 aliphatic rings. The summed E-state index contributed by atoms with van der Waals surface area (Å²) >= 11 is 5.98. The largest absolute Gasteiger partial charge is 0.491 e. The monoisotopic (exact) mass is 445 g/mol. The number of halogens is 2. The third-order valence-corrected chi connectivity index (χ3v) is 4.38. The molecule has 0 atom stereocenters. The van der Waals surface area contributed by atoms with Gasteiger partial charge in [-0.2, -0.15) is 0 Å². The van der Waals surface area contributed by atoms with Crippen LogP contribution < -0.4 is 15.4 Å². The number of rotatable bonds is 7. The fourth-order valence-corrected chi connectivity index (χ4v) is 2.78. The quantitative estimate of drug-likeness (QED) is 0.510. The molecule has 0 fully saturated rings. The van der Waals surface area contributed by atoms with E-state index in [0.29, 0.717) is 10.7 Å². The van der Waals surface area contributed by atoms with Crippen LogP contribution in [0.1, 0.15) is 24.2 Å². The highest BCUT2D eigenvalue weighted by Crippen LogP contribution is 2.30. The molecule has 31 heavy (non-hydrogen) atoms. The van der Waals surface area contributed by atoms with Gasteiger partial charge < -0.3 is 20.5 Å². The van der Waals surface area contributed by atoms with Gasteiger partial charge in [-0.1, -0.05) is 11.6 Å². The minimum Gasteiger partial charge on any atom is -0.491 e. The number of ether oxygens (including phenoxy) is 1. The number of benzene rings is 1. The Bertz CT molecular complexity index is 1100. The van der Waals surface area contributed by atoms with E-state index in [4.69, 9.17) is 16.3 Å². The number of aliphatic hydroxyl groups is 1. The van der Waals surface area contributed by atoms with E-state index in [1.165, 1.54) is 43.9 Å². The molecule has 0 aliphatic carbocycles. The average Bonchev–Trinajstić information content (AvgIpc) is 2.73. The van der Waals surface area contributed by atoms with E-state index in [2.05, 4.69) is 25.6 Å². The van der Waals surface area contributed by atoms with E-state index in [-0.39, 0.29) is 35.1 Å². The van der Waals surface area contributed by atoms with Crippen molar-refractivity contribution in [3.63, 3.8) is 0 Å². The molecular formula is C21H21ClFN5O3. The van der Waals surface area contributed by atoms with E-state index in [9.17, 15) is 14.3 Å². The number of carbonyl (C=O) groups is 1. The van der Waals surface area contributed by atoms with Crippen molar-refractivity contribution in [2.45, 2.75) is 19.4 Å². The smallest absolute Gasteiger partial charge is 0.255 e. The van der Waals surface area contributed by atoms with Gasteiger partial charge in [-0.05, 0) is 38.1 Å². The number of nitrogens with one attached hydrogen (secondary N) is 2. The Morgan fingerprint density at radius 3 is 2.77 bits per heavy atom. The lowest BCUT2D eigenvalue weighted by Crippen LogP contribution is -2.38. The molecule has 0 saturated heterocycles. The zero-order valence-corrected chi connectivity index (χ0v) is 17.9. The van der Waals surface area contributed by atoms with Crippen molar-refractivity contribution in [2.24, 2.45) is 0 Å². The van der Waals surface area contributed by atoms with E-state index in [0.717, 1.165) is 0 Å². The normalized spacial score (nSPS) is 11.2. The fraction of sp³-hybridized carbons (Fsp3) is 0.238. The second-order valence-electron chi connectivity index (χ2n) is 7.28. The maximum absolute atomic E-state index is 14.3. The summed E-state index contributed by atoms with van der Waals surface area (Å²) < 4.78 is 19.6. The molecule has 0 radical (unpaired) electrons. The molecule has 0 saturated carbocycles. The molecule has 3 rings (SSSR count). The van der Waals surface area contributed by atoms with Gasteiger partial charge in [0.2, 0.25) is 0 Å². The summed E-state index contributed by atoms with van der Waals surface area (Å²) in [5.74, 6) is -0.381. The van der Waals surface area contributed by atoms with E-state index in [1.54, 1.807) is 19.9 Å². The highest BCUT2D eigenvalue weighted by molar-refractivity contribution is 6.30. The molecule has 0 aliphatic heterocycles. The first kappa shape index (κ1) is 22.4. The molecule has 2 aromatic heterocycles. The van der Waals surface area contributed by atoms with Gasteiger partial charge in [0.15, 0.2) is 17.4 Å². The molecule has 0 spiro atoms. The summed E-state index contributed by atoms with van der Waals surface area (Å²) in [5.41, 5.74) is -0.339. The highest BCUT2D eigenvalue weighted by Gasteiger charge is 2.19. The standard InChI is InChI=1S/C21H21ClFN5O3/c1-21(2,30)11-26-20(29)14-9-24-7-6-16(14)27-19-17(31-3)10-25-18(28-19)13-8-12(22)4-5-15(13)23/h4-10,30H,11H2,1-3H3,(H,26,29)(H,24,25,27,28). The highest BCUT2D eigenvalue weighted by atomic mass is 35.5. The fourth-order valence-electron chi connectivity index (χ4n) is 2.61. The van der Waals surface area contributed by atoms with Crippen molar-refractivity contribution in [2.75, 3.05) is 19.0 Å². The lowest BCUT2D eigenvalue weighted by atomic mass is 10.1.